The minimum Gasteiger partial charge on any atom is -0.324 e. The Hall–Kier alpha value is -2.38. The smallest absolute Gasteiger partial charge is 0.237 e. The lowest BCUT2D eigenvalue weighted by atomic mass is 10.1. The first kappa shape index (κ1) is 18.4. The van der Waals surface area contributed by atoms with E-state index in [0.29, 0.717) is 15.9 Å². The van der Waals surface area contributed by atoms with E-state index in [1.807, 2.05) is 38.1 Å². The first-order valence-corrected chi connectivity index (χ1v) is 9.29. The molecule has 1 heterocycles. The fourth-order valence-electron chi connectivity index (χ4n) is 2.50. The molecule has 0 fully saturated rings. The van der Waals surface area contributed by atoms with E-state index in [2.05, 4.69) is 26.9 Å². The van der Waals surface area contributed by atoms with E-state index in [1.165, 1.54) is 11.8 Å². The average Bonchev–Trinajstić information content (AvgIpc) is 3.04. The zero-order valence-electron chi connectivity index (χ0n) is 14.6. The van der Waals surface area contributed by atoms with Gasteiger partial charge in [-0.15, -0.1) is 5.10 Å². The number of hydrogen-bond acceptors (Lipinski definition) is 5. The Labute approximate surface area is 160 Å². The van der Waals surface area contributed by atoms with Gasteiger partial charge in [-0.25, -0.2) is 0 Å². The molecule has 26 heavy (non-hydrogen) atoms. The van der Waals surface area contributed by atoms with E-state index >= 15 is 0 Å². The number of halogens is 1. The molecule has 1 atom stereocenters. The van der Waals surface area contributed by atoms with Crippen LogP contribution in [0.4, 0.5) is 5.69 Å². The Balaban J connectivity index is 1.76. The van der Waals surface area contributed by atoms with E-state index in [1.54, 1.807) is 23.7 Å². The third kappa shape index (κ3) is 4.23. The van der Waals surface area contributed by atoms with Crippen LogP contribution in [-0.2, 0) is 4.79 Å². The second-order valence-electron chi connectivity index (χ2n) is 5.95. The zero-order chi connectivity index (χ0) is 18.7. The number of nitrogens with zero attached hydrogens (tertiary/aromatic N) is 4. The van der Waals surface area contributed by atoms with Crippen molar-refractivity contribution in [2.45, 2.75) is 31.2 Å². The van der Waals surface area contributed by atoms with Gasteiger partial charge in [0.1, 0.15) is 0 Å². The second-order valence-corrected chi connectivity index (χ2v) is 7.66. The fraction of sp³-hybridized carbons (Fsp3) is 0.222. The number of tetrazole rings is 1. The standard InChI is InChI=1S/C18H18ClN5OS/c1-11-8-12(2)10-14(9-11)24-18(21-22-23-24)26-13(3)17(25)20-16-7-5-4-6-15(16)19/h4-10,13H,1-3H3,(H,20,25)/t13-/m1/s1. The molecule has 0 aliphatic rings. The number of para-hydroxylation sites is 1. The SMILES string of the molecule is Cc1cc(C)cc(-n2nnnc2S[C@H](C)C(=O)Nc2ccccc2Cl)c1. The van der Waals surface area contributed by atoms with Gasteiger partial charge in [0.2, 0.25) is 11.1 Å². The lowest BCUT2D eigenvalue weighted by molar-refractivity contribution is -0.115. The van der Waals surface area contributed by atoms with Crippen LogP contribution in [0.3, 0.4) is 0 Å². The van der Waals surface area contributed by atoms with Crippen LogP contribution >= 0.6 is 23.4 Å². The highest BCUT2D eigenvalue weighted by Crippen LogP contribution is 2.26. The van der Waals surface area contributed by atoms with E-state index in [0.717, 1.165) is 16.8 Å². The molecule has 3 aromatic rings. The average molecular weight is 388 g/mol. The van der Waals surface area contributed by atoms with Gasteiger partial charge in [0.05, 0.1) is 21.6 Å². The minimum atomic E-state index is -0.401. The van der Waals surface area contributed by atoms with Crippen molar-refractivity contribution < 1.29 is 4.79 Å². The van der Waals surface area contributed by atoms with Crippen molar-refractivity contribution in [1.82, 2.24) is 20.2 Å². The second kappa shape index (κ2) is 7.88. The summed E-state index contributed by atoms with van der Waals surface area (Å²) in [5.74, 6) is -0.168. The Morgan fingerprint density at radius 2 is 1.88 bits per heavy atom. The largest absolute Gasteiger partial charge is 0.324 e. The van der Waals surface area contributed by atoms with Gasteiger partial charge in [-0.2, -0.15) is 4.68 Å². The van der Waals surface area contributed by atoms with Crippen LogP contribution in [0.15, 0.2) is 47.6 Å². The highest BCUT2D eigenvalue weighted by Gasteiger charge is 2.20. The maximum Gasteiger partial charge on any atom is 0.237 e. The summed E-state index contributed by atoms with van der Waals surface area (Å²) in [7, 11) is 0. The predicted octanol–water partition coefficient (Wildman–Crippen LogP) is 4.05. The summed E-state index contributed by atoms with van der Waals surface area (Å²) in [5, 5.41) is 15.4. The van der Waals surface area contributed by atoms with Gasteiger partial charge < -0.3 is 5.32 Å². The van der Waals surface area contributed by atoms with Crippen molar-refractivity contribution in [3.63, 3.8) is 0 Å². The molecular weight excluding hydrogens is 370 g/mol. The van der Waals surface area contributed by atoms with Gasteiger partial charge in [-0.05, 0) is 66.6 Å². The van der Waals surface area contributed by atoms with Gasteiger partial charge in [-0.1, -0.05) is 41.6 Å². The monoisotopic (exact) mass is 387 g/mol. The summed E-state index contributed by atoms with van der Waals surface area (Å²) in [4.78, 5) is 12.5. The number of anilines is 1. The van der Waals surface area contributed by atoms with Crippen molar-refractivity contribution in [1.29, 1.82) is 0 Å². The van der Waals surface area contributed by atoms with E-state index in [9.17, 15) is 4.79 Å². The summed E-state index contributed by atoms with van der Waals surface area (Å²) in [5.41, 5.74) is 3.70. The molecule has 0 spiro atoms. The van der Waals surface area contributed by atoms with Crippen LogP contribution in [0.25, 0.3) is 5.69 Å². The predicted molar refractivity (Wildman–Crippen MR) is 104 cm³/mol. The molecular formula is C18H18ClN5OS. The van der Waals surface area contributed by atoms with Crippen LogP contribution in [0, 0.1) is 13.8 Å². The maximum atomic E-state index is 12.5. The summed E-state index contributed by atoms with van der Waals surface area (Å²) in [6.07, 6.45) is 0. The molecule has 8 heteroatoms. The fourth-order valence-corrected chi connectivity index (χ4v) is 3.49. The molecule has 1 N–H and O–H groups in total. The van der Waals surface area contributed by atoms with Gasteiger partial charge >= 0.3 is 0 Å². The number of thioether (sulfide) groups is 1. The van der Waals surface area contributed by atoms with Crippen LogP contribution in [-0.4, -0.2) is 31.4 Å². The lowest BCUT2D eigenvalue weighted by Crippen LogP contribution is -2.23. The van der Waals surface area contributed by atoms with Gasteiger partial charge in [0.15, 0.2) is 0 Å². The number of amides is 1. The number of carbonyl (C=O) groups excluding carboxylic acids is 1. The third-order valence-corrected chi connectivity index (χ3v) is 5.04. The molecule has 0 aliphatic carbocycles. The molecule has 6 nitrogen and oxygen atoms in total. The topological polar surface area (TPSA) is 72.7 Å². The lowest BCUT2D eigenvalue weighted by Gasteiger charge is -2.13. The number of hydrogen-bond donors (Lipinski definition) is 1. The molecule has 134 valence electrons. The molecule has 0 saturated carbocycles. The number of benzene rings is 2. The van der Waals surface area contributed by atoms with Gasteiger partial charge in [0, 0.05) is 0 Å². The number of nitrogens with one attached hydrogen (secondary N) is 1. The van der Waals surface area contributed by atoms with Crippen LogP contribution in [0.5, 0.6) is 0 Å². The number of carbonyl (C=O) groups is 1. The van der Waals surface area contributed by atoms with Crippen molar-refractivity contribution >= 4 is 35.0 Å². The Kier molecular flexibility index (Phi) is 5.58. The first-order valence-electron chi connectivity index (χ1n) is 8.03. The van der Waals surface area contributed by atoms with Crippen molar-refractivity contribution in [3.8, 4) is 5.69 Å². The first-order chi connectivity index (χ1) is 12.4. The number of rotatable bonds is 5. The minimum absolute atomic E-state index is 0.168. The van der Waals surface area contributed by atoms with Crippen LogP contribution in [0.1, 0.15) is 18.1 Å². The van der Waals surface area contributed by atoms with Gasteiger partial charge in [0.25, 0.3) is 0 Å². The molecule has 0 radical (unpaired) electrons. The highest BCUT2D eigenvalue weighted by atomic mass is 35.5. The molecule has 3 rings (SSSR count). The van der Waals surface area contributed by atoms with E-state index in [4.69, 9.17) is 11.6 Å². The zero-order valence-corrected chi connectivity index (χ0v) is 16.2. The molecule has 0 aliphatic heterocycles. The van der Waals surface area contributed by atoms with E-state index in [-0.39, 0.29) is 5.91 Å². The maximum absolute atomic E-state index is 12.5. The third-order valence-electron chi connectivity index (χ3n) is 3.68. The van der Waals surface area contributed by atoms with Gasteiger partial charge in [-0.3, -0.25) is 4.79 Å². The summed E-state index contributed by atoms with van der Waals surface area (Å²) < 4.78 is 1.64. The Bertz CT molecular complexity index is 923. The quantitative estimate of drug-likeness (QED) is 0.668. The molecule has 1 amide bonds. The van der Waals surface area contributed by atoms with Crippen LogP contribution in [0.2, 0.25) is 5.02 Å². The molecule has 1 aromatic heterocycles. The summed E-state index contributed by atoms with van der Waals surface area (Å²) in [6, 6.07) is 13.2. The van der Waals surface area contributed by atoms with Crippen LogP contribution < -0.4 is 5.32 Å². The highest BCUT2D eigenvalue weighted by molar-refractivity contribution is 8.00. The molecule has 0 bridgehead atoms. The van der Waals surface area contributed by atoms with Crippen molar-refractivity contribution in [2.75, 3.05) is 5.32 Å². The molecule has 2 aromatic carbocycles. The summed E-state index contributed by atoms with van der Waals surface area (Å²) in [6.45, 7) is 5.85. The molecule has 0 saturated heterocycles. The van der Waals surface area contributed by atoms with E-state index < -0.39 is 5.25 Å². The Morgan fingerprint density at radius 1 is 1.19 bits per heavy atom. The Morgan fingerprint density at radius 3 is 2.58 bits per heavy atom. The number of aryl methyl sites for hydroxylation is 2. The number of aromatic nitrogens is 4. The summed E-state index contributed by atoms with van der Waals surface area (Å²) >= 11 is 7.38. The van der Waals surface area contributed by atoms with Crippen molar-refractivity contribution in [2.24, 2.45) is 0 Å². The van der Waals surface area contributed by atoms with Crippen molar-refractivity contribution in [3.05, 3.63) is 58.6 Å². The molecule has 0 unspecified atom stereocenters. The normalized spacial score (nSPS) is 12.0.